The third-order valence-electron chi connectivity index (χ3n) is 5.68. The molecule has 0 unspecified atom stereocenters. The first-order chi connectivity index (χ1) is 15.5. The lowest BCUT2D eigenvalue weighted by atomic mass is 10.00. The lowest BCUT2D eigenvalue weighted by Crippen LogP contribution is -2.17. The first-order valence-electron chi connectivity index (χ1n) is 11.2. The highest BCUT2D eigenvalue weighted by Crippen LogP contribution is 2.34. The highest BCUT2D eigenvalue weighted by Gasteiger charge is 2.16. The Balaban J connectivity index is 2.07. The lowest BCUT2D eigenvalue weighted by Gasteiger charge is -2.29. The summed E-state index contributed by atoms with van der Waals surface area (Å²) >= 11 is 0. The summed E-state index contributed by atoms with van der Waals surface area (Å²) in [6.07, 6.45) is 7.71. The van der Waals surface area contributed by atoms with Crippen LogP contribution in [-0.2, 0) is 0 Å². The van der Waals surface area contributed by atoms with Crippen molar-refractivity contribution in [1.29, 1.82) is 0 Å². The van der Waals surface area contributed by atoms with Crippen LogP contribution in [0.15, 0.2) is 127 Å². The fourth-order valence-corrected chi connectivity index (χ4v) is 3.53. The molecule has 0 aliphatic rings. The first kappa shape index (κ1) is 23.1. The topological polar surface area (TPSA) is 3.24 Å². The predicted octanol–water partition coefficient (Wildman–Crippen LogP) is 9.03. The summed E-state index contributed by atoms with van der Waals surface area (Å²) in [5.74, 6) is 0. The van der Waals surface area contributed by atoms with Gasteiger partial charge in [0.25, 0.3) is 0 Å². The van der Waals surface area contributed by atoms with E-state index in [4.69, 9.17) is 0 Å². The Hall–Kier alpha value is -3.58. The molecule has 0 radical (unpaired) electrons. The Morgan fingerprint density at radius 3 is 2.03 bits per heavy atom. The first-order valence-corrected chi connectivity index (χ1v) is 11.2. The summed E-state index contributed by atoms with van der Waals surface area (Å²) < 4.78 is 0. The van der Waals surface area contributed by atoms with Crippen molar-refractivity contribution < 1.29 is 0 Å². The number of para-hydroxylation sites is 2. The van der Waals surface area contributed by atoms with Crippen molar-refractivity contribution in [3.05, 3.63) is 138 Å². The van der Waals surface area contributed by atoms with E-state index in [-0.39, 0.29) is 0 Å². The van der Waals surface area contributed by atoms with Gasteiger partial charge in [-0.1, -0.05) is 98.0 Å². The van der Waals surface area contributed by atoms with Gasteiger partial charge in [-0.2, -0.15) is 0 Å². The van der Waals surface area contributed by atoms with Gasteiger partial charge in [0.15, 0.2) is 0 Å². The normalized spacial score (nSPS) is 12.6. The molecule has 0 heterocycles. The number of hydrogen-bond donors (Lipinski definition) is 0. The van der Waals surface area contributed by atoms with Crippen LogP contribution in [0.3, 0.4) is 0 Å². The summed E-state index contributed by atoms with van der Waals surface area (Å²) in [4.78, 5) is 2.25. The maximum absolute atomic E-state index is 4.52. The van der Waals surface area contributed by atoms with Crippen molar-refractivity contribution in [2.45, 2.75) is 34.1 Å². The van der Waals surface area contributed by atoms with Gasteiger partial charge in [-0.3, -0.25) is 0 Å². The van der Waals surface area contributed by atoms with Crippen LogP contribution in [0, 0.1) is 6.92 Å². The molecule has 0 N–H and O–H groups in total. The van der Waals surface area contributed by atoms with Gasteiger partial charge in [0, 0.05) is 17.1 Å². The molecule has 1 heteroatoms. The molecule has 0 bridgehead atoms. The predicted molar refractivity (Wildman–Crippen MR) is 141 cm³/mol. The van der Waals surface area contributed by atoms with E-state index >= 15 is 0 Å². The summed E-state index contributed by atoms with van der Waals surface area (Å²) in [5, 5.41) is 0. The standard InChI is InChI=1S/C31H33N/c1-6-24(2)21-22-29(28-16-9-7-10-17-28)23-26(4)27(5)32(30-18-11-8-12-19-30)31-20-14-13-15-25(31)3/h7-23H,5-6H2,1-4H3/b24-21+,26-23+,29-22+. The van der Waals surface area contributed by atoms with E-state index < -0.39 is 0 Å². The Bertz CT molecular complexity index is 1130. The number of nitrogens with zero attached hydrogens (tertiary/aromatic N) is 1. The number of anilines is 2. The van der Waals surface area contributed by atoms with Gasteiger partial charge < -0.3 is 4.90 Å². The van der Waals surface area contributed by atoms with Crippen LogP contribution >= 0.6 is 0 Å². The molecule has 0 aliphatic heterocycles. The molecule has 0 amide bonds. The second kappa shape index (κ2) is 11.2. The van der Waals surface area contributed by atoms with Crippen molar-refractivity contribution >= 4 is 16.9 Å². The van der Waals surface area contributed by atoms with Crippen LogP contribution in [0.4, 0.5) is 11.4 Å². The molecule has 1 nitrogen and oxygen atoms in total. The van der Waals surface area contributed by atoms with E-state index in [1.165, 1.54) is 22.3 Å². The average Bonchev–Trinajstić information content (AvgIpc) is 2.83. The minimum absolute atomic E-state index is 0.962. The van der Waals surface area contributed by atoms with Gasteiger partial charge in [0.1, 0.15) is 0 Å². The van der Waals surface area contributed by atoms with Gasteiger partial charge >= 0.3 is 0 Å². The van der Waals surface area contributed by atoms with Crippen LogP contribution < -0.4 is 4.90 Å². The van der Waals surface area contributed by atoms with Gasteiger partial charge in [0.05, 0.1) is 0 Å². The quantitative estimate of drug-likeness (QED) is 0.329. The average molecular weight is 420 g/mol. The molecule has 0 spiro atoms. The fourth-order valence-electron chi connectivity index (χ4n) is 3.53. The summed E-state index contributed by atoms with van der Waals surface area (Å²) in [6, 6.07) is 29.4. The maximum atomic E-state index is 4.52. The van der Waals surface area contributed by atoms with Crippen molar-refractivity contribution in [2.24, 2.45) is 0 Å². The minimum atomic E-state index is 0.962. The van der Waals surface area contributed by atoms with E-state index in [0.717, 1.165) is 29.1 Å². The lowest BCUT2D eigenvalue weighted by molar-refractivity contribution is 1.10. The van der Waals surface area contributed by atoms with E-state index in [0.29, 0.717) is 0 Å². The van der Waals surface area contributed by atoms with E-state index in [9.17, 15) is 0 Å². The summed E-state index contributed by atoms with van der Waals surface area (Å²) in [5.41, 5.74) is 9.27. The molecule has 3 aromatic rings. The molecule has 0 aliphatic carbocycles. The highest BCUT2D eigenvalue weighted by molar-refractivity contribution is 5.79. The highest BCUT2D eigenvalue weighted by atomic mass is 15.1. The number of allylic oxidation sites excluding steroid dienone is 6. The zero-order valence-corrected chi connectivity index (χ0v) is 19.7. The molecule has 32 heavy (non-hydrogen) atoms. The summed E-state index contributed by atoms with van der Waals surface area (Å²) in [7, 11) is 0. The monoisotopic (exact) mass is 419 g/mol. The van der Waals surface area contributed by atoms with Gasteiger partial charge in [-0.05, 0) is 73.7 Å². The van der Waals surface area contributed by atoms with Crippen LogP contribution in [0.1, 0.15) is 38.3 Å². The second-order valence-electron chi connectivity index (χ2n) is 8.09. The molecule has 3 aromatic carbocycles. The number of rotatable bonds is 8. The Labute approximate surface area is 193 Å². The van der Waals surface area contributed by atoms with E-state index in [1.54, 1.807) is 0 Å². The third-order valence-corrected chi connectivity index (χ3v) is 5.68. The van der Waals surface area contributed by atoms with E-state index in [2.05, 4.69) is 136 Å². The smallest absolute Gasteiger partial charge is 0.0490 e. The maximum Gasteiger partial charge on any atom is 0.0490 e. The molecule has 0 saturated heterocycles. The molecule has 0 atom stereocenters. The van der Waals surface area contributed by atoms with Gasteiger partial charge in [-0.25, -0.2) is 0 Å². The number of benzene rings is 3. The SMILES string of the molecule is C=C(/C(C)=C/C(=C\C=C(/C)CC)c1ccccc1)N(c1ccccc1)c1ccccc1C. The molecular formula is C31H33N. The number of aryl methyl sites for hydroxylation is 1. The zero-order chi connectivity index (χ0) is 22.9. The Morgan fingerprint density at radius 1 is 0.812 bits per heavy atom. The summed E-state index contributed by atoms with van der Waals surface area (Å²) in [6.45, 7) is 13.2. The van der Waals surface area contributed by atoms with Crippen LogP contribution in [0.5, 0.6) is 0 Å². The van der Waals surface area contributed by atoms with Crippen molar-refractivity contribution in [3.8, 4) is 0 Å². The largest absolute Gasteiger partial charge is 0.311 e. The minimum Gasteiger partial charge on any atom is -0.311 e. The van der Waals surface area contributed by atoms with Crippen LogP contribution in [-0.4, -0.2) is 0 Å². The van der Waals surface area contributed by atoms with Gasteiger partial charge in [-0.15, -0.1) is 0 Å². The molecule has 0 fully saturated rings. The Kier molecular flexibility index (Phi) is 8.05. The second-order valence-corrected chi connectivity index (χ2v) is 8.09. The Morgan fingerprint density at radius 2 is 1.41 bits per heavy atom. The zero-order valence-electron chi connectivity index (χ0n) is 19.7. The fraction of sp³-hybridized carbons (Fsp3) is 0.161. The van der Waals surface area contributed by atoms with Crippen LogP contribution in [0.2, 0.25) is 0 Å². The van der Waals surface area contributed by atoms with E-state index in [1.807, 2.05) is 6.07 Å². The molecule has 162 valence electrons. The molecular weight excluding hydrogens is 386 g/mol. The molecule has 0 aromatic heterocycles. The van der Waals surface area contributed by atoms with Crippen LogP contribution in [0.25, 0.3) is 5.57 Å². The van der Waals surface area contributed by atoms with Crippen molar-refractivity contribution in [3.63, 3.8) is 0 Å². The molecule has 0 saturated carbocycles. The van der Waals surface area contributed by atoms with Crippen molar-refractivity contribution in [1.82, 2.24) is 0 Å². The van der Waals surface area contributed by atoms with Gasteiger partial charge in [0.2, 0.25) is 0 Å². The number of hydrogen-bond acceptors (Lipinski definition) is 1. The molecule has 3 rings (SSSR count). The third kappa shape index (κ3) is 5.76. The van der Waals surface area contributed by atoms with Crippen molar-refractivity contribution in [2.75, 3.05) is 4.90 Å².